The van der Waals surface area contributed by atoms with Crippen molar-refractivity contribution in [2.45, 2.75) is 32.2 Å². The number of piperazine rings is 1. The molecule has 8 nitrogen and oxygen atoms in total. The molecule has 0 unspecified atom stereocenters. The highest BCUT2D eigenvalue weighted by molar-refractivity contribution is 5.98. The van der Waals surface area contributed by atoms with E-state index in [9.17, 15) is 18.0 Å². The number of carbonyl (C=O) groups is 1. The van der Waals surface area contributed by atoms with Gasteiger partial charge in [0.15, 0.2) is 5.75 Å². The molecule has 222 valence electrons. The summed E-state index contributed by atoms with van der Waals surface area (Å²) in [4.78, 5) is 26.6. The van der Waals surface area contributed by atoms with E-state index in [1.54, 1.807) is 12.3 Å². The molecule has 4 aromatic rings. The van der Waals surface area contributed by atoms with Crippen LogP contribution in [0.5, 0.6) is 5.75 Å². The maximum absolute atomic E-state index is 13.4. The van der Waals surface area contributed by atoms with Gasteiger partial charge in [-0.2, -0.15) is 0 Å². The highest BCUT2D eigenvalue weighted by Gasteiger charge is 2.39. The van der Waals surface area contributed by atoms with E-state index in [0.29, 0.717) is 41.1 Å². The highest BCUT2D eigenvalue weighted by Crippen LogP contribution is 2.39. The van der Waals surface area contributed by atoms with Crippen LogP contribution in [0.25, 0.3) is 33.3 Å². The zero-order chi connectivity index (χ0) is 28.9. The molecule has 2 fully saturated rings. The van der Waals surface area contributed by atoms with Crippen LogP contribution in [0.4, 0.5) is 18.9 Å². The zero-order valence-corrected chi connectivity index (χ0v) is 24.0. The number of benzene rings is 2. The standard InChI is InChI=1S/C31H32F3N5O2.H3N/c1-30(2)10-11-39(30)29(40)21-6-4-20(5-7-21)25-19-36-28-24(25)16-23(18-35-28)22-8-9-26(27(17-22)41-31(32,33)34)38-14-12-37(3)13-15-38;/h4-9,16-19H,10-15H2,1-3H3,(H,35,36);1H3. The van der Waals surface area contributed by atoms with Gasteiger partial charge in [-0.3, -0.25) is 4.79 Å². The van der Waals surface area contributed by atoms with Crippen LogP contribution in [0.15, 0.2) is 60.9 Å². The number of rotatable bonds is 5. The van der Waals surface area contributed by atoms with Gasteiger partial charge in [0.25, 0.3) is 5.91 Å². The number of hydrogen-bond donors (Lipinski definition) is 2. The lowest BCUT2D eigenvalue weighted by Gasteiger charge is -2.48. The Morgan fingerprint density at radius 1 is 0.952 bits per heavy atom. The summed E-state index contributed by atoms with van der Waals surface area (Å²) in [6.07, 6.45) is -0.328. The molecule has 0 spiro atoms. The summed E-state index contributed by atoms with van der Waals surface area (Å²) in [6, 6.07) is 14.3. The third-order valence-electron chi connectivity index (χ3n) is 8.26. The van der Waals surface area contributed by atoms with E-state index in [1.165, 1.54) is 6.07 Å². The predicted octanol–water partition coefficient (Wildman–Crippen LogP) is 6.33. The van der Waals surface area contributed by atoms with Gasteiger partial charge in [-0.15, -0.1) is 13.2 Å². The third kappa shape index (κ3) is 5.66. The minimum Gasteiger partial charge on any atom is -0.404 e. The lowest BCUT2D eigenvalue weighted by Crippen LogP contribution is -2.58. The van der Waals surface area contributed by atoms with E-state index in [1.807, 2.05) is 59.4 Å². The molecule has 0 atom stereocenters. The molecule has 42 heavy (non-hydrogen) atoms. The zero-order valence-electron chi connectivity index (χ0n) is 24.0. The quantitative estimate of drug-likeness (QED) is 0.286. The van der Waals surface area contributed by atoms with Gasteiger partial charge in [0.05, 0.1) is 5.69 Å². The van der Waals surface area contributed by atoms with E-state index < -0.39 is 6.36 Å². The number of hydrogen-bond acceptors (Lipinski definition) is 6. The topological polar surface area (TPSA) is 99.7 Å². The minimum atomic E-state index is -4.81. The van der Waals surface area contributed by atoms with Crippen molar-refractivity contribution in [1.82, 2.24) is 25.9 Å². The van der Waals surface area contributed by atoms with Crippen LogP contribution in [-0.4, -0.2) is 77.3 Å². The smallest absolute Gasteiger partial charge is 0.404 e. The number of carbonyl (C=O) groups excluding carboxylic acids is 1. The molecule has 1 amide bonds. The van der Waals surface area contributed by atoms with Crippen molar-refractivity contribution in [3.63, 3.8) is 0 Å². The Morgan fingerprint density at radius 3 is 2.26 bits per heavy atom. The molecule has 6 rings (SSSR count). The molecular formula is C31H35F3N6O2. The van der Waals surface area contributed by atoms with Crippen molar-refractivity contribution in [2.75, 3.05) is 44.7 Å². The van der Waals surface area contributed by atoms with Crippen molar-refractivity contribution < 1.29 is 22.7 Å². The Bertz CT molecular complexity index is 1590. The van der Waals surface area contributed by atoms with Crippen LogP contribution < -0.4 is 15.8 Å². The van der Waals surface area contributed by atoms with Crippen LogP contribution in [0.2, 0.25) is 0 Å². The van der Waals surface area contributed by atoms with E-state index in [0.717, 1.165) is 42.6 Å². The lowest BCUT2D eigenvalue weighted by atomic mass is 9.88. The molecule has 0 aliphatic carbocycles. The third-order valence-corrected chi connectivity index (χ3v) is 8.26. The van der Waals surface area contributed by atoms with E-state index >= 15 is 0 Å². The summed E-state index contributed by atoms with van der Waals surface area (Å²) in [5.74, 6) is -0.202. The van der Waals surface area contributed by atoms with Crippen LogP contribution >= 0.6 is 0 Å². The van der Waals surface area contributed by atoms with Crippen LogP contribution in [0.1, 0.15) is 30.6 Å². The molecule has 2 saturated heterocycles. The number of H-pyrrole nitrogens is 1. The Balaban J connectivity index is 0.00000353. The van der Waals surface area contributed by atoms with Crippen molar-refractivity contribution in [3.05, 3.63) is 66.5 Å². The van der Waals surface area contributed by atoms with Crippen LogP contribution in [0, 0.1) is 0 Å². The molecule has 4 N–H and O–H groups in total. The first-order valence-electron chi connectivity index (χ1n) is 13.7. The Kier molecular flexibility index (Phi) is 7.67. The molecule has 2 aromatic heterocycles. The number of aromatic nitrogens is 2. The summed E-state index contributed by atoms with van der Waals surface area (Å²) in [7, 11) is 1.99. The van der Waals surface area contributed by atoms with Gasteiger partial charge in [-0.25, -0.2) is 4.98 Å². The van der Waals surface area contributed by atoms with Crippen LogP contribution in [-0.2, 0) is 0 Å². The number of amides is 1. The summed E-state index contributed by atoms with van der Waals surface area (Å²) < 4.78 is 44.7. The van der Waals surface area contributed by atoms with Gasteiger partial charge < -0.3 is 30.6 Å². The van der Waals surface area contributed by atoms with Gasteiger partial charge in [-0.1, -0.05) is 18.2 Å². The first kappa shape index (κ1) is 29.4. The number of fused-ring (bicyclic) bond motifs is 1. The Morgan fingerprint density at radius 2 is 1.64 bits per heavy atom. The number of anilines is 1. The number of likely N-dealkylation sites (tertiary alicyclic amines) is 1. The SMILES string of the molecule is CN1CCN(c2ccc(-c3cnc4[nH]cc(-c5ccc(C(=O)N6CCC6(C)C)cc5)c4c3)cc2OC(F)(F)F)CC1.N. The molecule has 0 bridgehead atoms. The Hall–Kier alpha value is -4.09. The number of alkyl halides is 3. The fourth-order valence-corrected chi connectivity index (χ4v) is 5.60. The maximum atomic E-state index is 13.4. The molecule has 0 radical (unpaired) electrons. The largest absolute Gasteiger partial charge is 0.573 e. The first-order chi connectivity index (χ1) is 19.5. The average Bonchev–Trinajstić information content (AvgIpc) is 3.35. The second-order valence-electron chi connectivity index (χ2n) is 11.4. The summed E-state index contributed by atoms with van der Waals surface area (Å²) >= 11 is 0. The van der Waals surface area contributed by atoms with Crippen molar-refractivity contribution >= 4 is 22.6 Å². The molecule has 2 aromatic carbocycles. The monoisotopic (exact) mass is 580 g/mol. The number of nitrogens with one attached hydrogen (secondary N) is 1. The van der Waals surface area contributed by atoms with E-state index in [4.69, 9.17) is 0 Å². The number of nitrogens with zero attached hydrogens (tertiary/aromatic N) is 4. The van der Waals surface area contributed by atoms with Gasteiger partial charge in [-0.05, 0) is 68.8 Å². The van der Waals surface area contributed by atoms with Gasteiger partial charge in [0.1, 0.15) is 5.65 Å². The fraction of sp³-hybridized carbons (Fsp3) is 0.355. The van der Waals surface area contributed by atoms with Crippen molar-refractivity contribution in [1.29, 1.82) is 0 Å². The van der Waals surface area contributed by atoms with Gasteiger partial charge in [0, 0.05) is 72.7 Å². The molecule has 2 aliphatic heterocycles. The average molecular weight is 581 g/mol. The molecule has 11 heteroatoms. The summed E-state index contributed by atoms with van der Waals surface area (Å²) in [5, 5.41) is 0.826. The fourth-order valence-electron chi connectivity index (χ4n) is 5.60. The number of ether oxygens (including phenoxy) is 1. The summed E-state index contributed by atoms with van der Waals surface area (Å²) in [5.41, 5.74) is 4.63. The van der Waals surface area contributed by atoms with E-state index in [-0.39, 0.29) is 23.3 Å². The van der Waals surface area contributed by atoms with Gasteiger partial charge in [0.2, 0.25) is 0 Å². The number of aromatic amines is 1. The van der Waals surface area contributed by atoms with Crippen molar-refractivity contribution in [2.24, 2.45) is 0 Å². The van der Waals surface area contributed by atoms with Crippen molar-refractivity contribution in [3.8, 4) is 28.0 Å². The van der Waals surface area contributed by atoms with Crippen LogP contribution in [0.3, 0.4) is 0 Å². The molecule has 4 heterocycles. The second-order valence-corrected chi connectivity index (χ2v) is 11.4. The Labute approximate surface area is 242 Å². The number of halogens is 3. The lowest BCUT2D eigenvalue weighted by molar-refractivity contribution is -0.274. The van der Waals surface area contributed by atoms with Gasteiger partial charge >= 0.3 is 6.36 Å². The molecule has 0 saturated carbocycles. The first-order valence-corrected chi connectivity index (χ1v) is 13.7. The molecular weight excluding hydrogens is 545 g/mol. The number of likely N-dealkylation sites (N-methyl/N-ethyl adjacent to an activating group) is 1. The second kappa shape index (κ2) is 11.0. The summed E-state index contributed by atoms with van der Waals surface area (Å²) in [6.45, 7) is 7.64. The molecule has 2 aliphatic rings. The maximum Gasteiger partial charge on any atom is 0.573 e. The minimum absolute atomic E-state index is 0. The predicted molar refractivity (Wildman–Crippen MR) is 158 cm³/mol. The van der Waals surface area contributed by atoms with E-state index in [2.05, 4.69) is 33.5 Å². The number of pyridine rings is 1. The highest BCUT2D eigenvalue weighted by atomic mass is 19.4. The normalized spacial score (nSPS) is 17.1.